The second kappa shape index (κ2) is 3.36. The lowest BCUT2D eigenvalue weighted by molar-refractivity contribution is -0.140. The molecule has 0 aromatic rings. The quantitative estimate of drug-likeness (QED) is 0.481. The summed E-state index contributed by atoms with van der Waals surface area (Å²) < 4.78 is 0. The van der Waals surface area contributed by atoms with Crippen molar-refractivity contribution in [1.29, 1.82) is 0 Å². The molecule has 2 rings (SSSR count). The van der Waals surface area contributed by atoms with Crippen molar-refractivity contribution >= 4 is 17.9 Å². The molecule has 0 aliphatic carbocycles. The lowest BCUT2D eigenvalue weighted by atomic mass is 9.93. The summed E-state index contributed by atoms with van der Waals surface area (Å²) >= 11 is 0. The largest absolute Gasteiger partial charge is 0.465 e. The number of carboxylic acid groups (broad SMARTS) is 1. The van der Waals surface area contributed by atoms with Crippen molar-refractivity contribution in [2.45, 2.75) is 24.9 Å². The predicted molar refractivity (Wildman–Crippen MR) is 52.7 cm³/mol. The van der Waals surface area contributed by atoms with Crippen LogP contribution < -0.4 is 10.6 Å². The van der Waals surface area contributed by atoms with E-state index in [1.807, 2.05) is 0 Å². The first-order valence-electron chi connectivity index (χ1n) is 5.05. The first-order valence-corrected chi connectivity index (χ1v) is 5.05. The van der Waals surface area contributed by atoms with Crippen LogP contribution in [0.4, 0.5) is 4.79 Å². The van der Waals surface area contributed by atoms with E-state index in [4.69, 9.17) is 5.11 Å². The second-order valence-electron chi connectivity index (χ2n) is 4.22. The van der Waals surface area contributed by atoms with Crippen molar-refractivity contribution in [1.82, 2.24) is 15.5 Å². The Morgan fingerprint density at radius 2 is 2.25 bits per heavy atom. The summed E-state index contributed by atoms with van der Waals surface area (Å²) in [6, 6.07) is -0.558. The van der Waals surface area contributed by atoms with Gasteiger partial charge in [0.25, 0.3) is 0 Å². The van der Waals surface area contributed by atoms with Crippen molar-refractivity contribution in [3.8, 4) is 0 Å². The fraction of sp³-hybridized carbons (Fsp3) is 0.667. The molecule has 0 saturated carbocycles. The van der Waals surface area contributed by atoms with Crippen LogP contribution in [0.1, 0.15) is 13.3 Å². The monoisotopic (exact) mass is 227 g/mol. The van der Waals surface area contributed by atoms with E-state index in [-0.39, 0.29) is 24.9 Å². The topological polar surface area (TPSA) is 98.7 Å². The second-order valence-corrected chi connectivity index (χ2v) is 4.22. The van der Waals surface area contributed by atoms with Gasteiger partial charge in [-0.3, -0.25) is 9.59 Å². The molecule has 0 bridgehead atoms. The number of nitrogens with one attached hydrogen (secondary N) is 2. The molecule has 2 saturated heterocycles. The van der Waals surface area contributed by atoms with Crippen molar-refractivity contribution in [2.24, 2.45) is 0 Å². The van der Waals surface area contributed by atoms with Gasteiger partial charge in [-0.15, -0.1) is 0 Å². The Labute approximate surface area is 91.8 Å². The Bertz CT molecular complexity index is 370. The van der Waals surface area contributed by atoms with E-state index in [2.05, 4.69) is 10.6 Å². The highest BCUT2D eigenvalue weighted by molar-refractivity contribution is 6.00. The summed E-state index contributed by atoms with van der Waals surface area (Å²) in [7, 11) is 0. The van der Waals surface area contributed by atoms with Crippen LogP contribution in [-0.4, -0.2) is 52.6 Å². The van der Waals surface area contributed by atoms with E-state index < -0.39 is 17.7 Å². The van der Waals surface area contributed by atoms with E-state index in [9.17, 15) is 14.4 Å². The molecular weight excluding hydrogens is 214 g/mol. The third-order valence-electron chi connectivity index (χ3n) is 3.08. The molecule has 16 heavy (non-hydrogen) atoms. The minimum absolute atomic E-state index is 0.0205. The first kappa shape index (κ1) is 10.7. The minimum atomic E-state index is -1.07. The summed E-state index contributed by atoms with van der Waals surface area (Å²) in [5.74, 6) is -0.574. The average molecular weight is 227 g/mol. The van der Waals surface area contributed by atoms with E-state index in [1.54, 1.807) is 6.92 Å². The Kier molecular flexibility index (Phi) is 2.25. The summed E-state index contributed by atoms with van der Waals surface area (Å²) in [6.07, 6.45) is -0.749. The van der Waals surface area contributed by atoms with Crippen LogP contribution in [0.5, 0.6) is 0 Å². The Balaban J connectivity index is 2.17. The number of hydrogen-bond donors (Lipinski definition) is 3. The molecule has 1 unspecified atom stereocenters. The van der Waals surface area contributed by atoms with Gasteiger partial charge in [0.15, 0.2) is 0 Å². The van der Waals surface area contributed by atoms with Crippen LogP contribution in [0, 0.1) is 0 Å². The maximum Gasteiger partial charge on any atom is 0.407 e. The Morgan fingerprint density at radius 3 is 2.81 bits per heavy atom. The van der Waals surface area contributed by atoms with Crippen LogP contribution in [0.3, 0.4) is 0 Å². The lowest BCUT2D eigenvalue weighted by Crippen LogP contribution is -2.69. The molecule has 3 N–H and O–H groups in total. The van der Waals surface area contributed by atoms with Crippen LogP contribution in [0.15, 0.2) is 0 Å². The number of rotatable bonds is 0. The van der Waals surface area contributed by atoms with Gasteiger partial charge in [-0.05, 0) is 13.3 Å². The number of likely N-dealkylation sites (tertiary alicyclic amines) is 1. The van der Waals surface area contributed by atoms with Crippen LogP contribution in [0.2, 0.25) is 0 Å². The van der Waals surface area contributed by atoms with Gasteiger partial charge in [-0.1, -0.05) is 0 Å². The summed E-state index contributed by atoms with van der Waals surface area (Å²) in [4.78, 5) is 35.2. The van der Waals surface area contributed by atoms with Gasteiger partial charge < -0.3 is 20.6 Å². The zero-order valence-corrected chi connectivity index (χ0v) is 8.82. The molecule has 1 spiro atoms. The van der Waals surface area contributed by atoms with Crippen LogP contribution in [0.25, 0.3) is 0 Å². The van der Waals surface area contributed by atoms with E-state index >= 15 is 0 Å². The smallest absolute Gasteiger partial charge is 0.407 e. The average Bonchev–Trinajstić information content (AvgIpc) is 2.61. The highest BCUT2D eigenvalue weighted by Crippen LogP contribution is 2.24. The van der Waals surface area contributed by atoms with Crippen LogP contribution in [-0.2, 0) is 9.59 Å². The highest BCUT2D eigenvalue weighted by Gasteiger charge is 2.50. The molecule has 0 radical (unpaired) electrons. The summed E-state index contributed by atoms with van der Waals surface area (Å²) in [5.41, 5.74) is -1.07. The van der Waals surface area contributed by atoms with E-state index in [0.717, 1.165) is 4.90 Å². The van der Waals surface area contributed by atoms with Gasteiger partial charge >= 0.3 is 6.09 Å². The third kappa shape index (κ3) is 1.48. The first-order chi connectivity index (χ1) is 7.44. The minimum Gasteiger partial charge on any atom is -0.465 e. The Hall–Kier alpha value is -1.79. The van der Waals surface area contributed by atoms with Crippen molar-refractivity contribution < 1.29 is 19.5 Å². The Morgan fingerprint density at radius 1 is 1.56 bits per heavy atom. The number of carbonyl (C=O) groups is 3. The molecule has 2 fully saturated rings. The molecule has 2 aliphatic heterocycles. The van der Waals surface area contributed by atoms with Gasteiger partial charge in [-0.2, -0.15) is 0 Å². The lowest BCUT2D eigenvalue weighted by Gasteiger charge is -2.35. The third-order valence-corrected chi connectivity index (χ3v) is 3.08. The number of amides is 3. The van der Waals surface area contributed by atoms with Gasteiger partial charge in [0, 0.05) is 6.54 Å². The molecule has 2 atom stereocenters. The molecule has 0 aromatic heterocycles. The highest BCUT2D eigenvalue weighted by atomic mass is 16.4. The van der Waals surface area contributed by atoms with E-state index in [1.165, 1.54) is 0 Å². The van der Waals surface area contributed by atoms with Gasteiger partial charge in [0.1, 0.15) is 11.6 Å². The van der Waals surface area contributed by atoms with Gasteiger partial charge in [-0.25, -0.2) is 4.79 Å². The van der Waals surface area contributed by atoms with E-state index in [0.29, 0.717) is 6.42 Å². The molecule has 3 amide bonds. The summed E-state index contributed by atoms with van der Waals surface area (Å²) in [6.45, 7) is 1.87. The molecule has 0 aromatic carbocycles. The standard InChI is InChI=1S/C9H13N3O4/c1-5-6(13)11-9(7(14)10-5)2-3-12(4-9)8(15)16/h5H,2-4H2,1H3,(H,10,14)(H,11,13)(H,15,16)/t5-,9?/m1/s1. The molecule has 7 heteroatoms. The van der Waals surface area contributed by atoms with Crippen molar-refractivity contribution in [3.05, 3.63) is 0 Å². The van der Waals surface area contributed by atoms with Crippen molar-refractivity contribution in [3.63, 3.8) is 0 Å². The SMILES string of the molecule is C[C@H]1NC(=O)C2(CCN(C(=O)O)C2)NC1=O. The molecule has 2 heterocycles. The number of hydrogen-bond acceptors (Lipinski definition) is 3. The molecular formula is C9H13N3O4. The zero-order chi connectivity index (χ0) is 11.9. The predicted octanol–water partition coefficient (Wildman–Crippen LogP) is -1.26. The maximum absolute atomic E-state index is 11.8. The summed E-state index contributed by atoms with van der Waals surface area (Å²) in [5, 5.41) is 14.0. The van der Waals surface area contributed by atoms with Gasteiger partial charge in [0.2, 0.25) is 11.8 Å². The molecule has 7 nitrogen and oxygen atoms in total. The number of piperazine rings is 1. The fourth-order valence-corrected chi connectivity index (χ4v) is 2.06. The number of nitrogens with zero attached hydrogens (tertiary/aromatic N) is 1. The number of carbonyl (C=O) groups excluding carboxylic acids is 2. The maximum atomic E-state index is 11.8. The zero-order valence-electron chi connectivity index (χ0n) is 8.82. The molecule has 88 valence electrons. The van der Waals surface area contributed by atoms with Crippen LogP contribution >= 0.6 is 0 Å². The normalized spacial score (nSPS) is 33.8. The fourth-order valence-electron chi connectivity index (χ4n) is 2.06. The van der Waals surface area contributed by atoms with Crippen molar-refractivity contribution in [2.75, 3.05) is 13.1 Å². The molecule has 2 aliphatic rings. The van der Waals surface area contributed by atoms with Gasteiger partial charge in [0.05, 0.1) is 6.54 Å².